The summed E-state index contributed by atoms with van der Waals surface area (Å²) < 4.78 is 0. The lowest BCUT2D eigenvalue weighted by molar-refractivity contribution is -0.128. The Balaban J connectivity index is 1.43. The number of aromatic amines is 1. The number of amides is 2. The Hall–Kier alpha value is -2.30. The molecule has 2 fully saturated rings. The Bertz CT molecular complexity index is 843. The van der Waals surface area contributed by atoms with Gasteiger partial charge in [-0.15, -0.1) is 0 Å². The summed E-state index contributed by atoms with van der Waals surface area (Å²) in [4.78, 5) is 28.0. The van der Waals surface area contributed by atoms with E-state index in [-0.39, 0.29) is 17.9 Å². The molecular weight excluding hydrogens is 350 g/mol. The molecule has 0 aliphatic heterocycles. The number of hydrogen-bond acceptors (Lipinski definition) is 2. The zero-order chi connectivity index (χ0) is 19.5. The minimum Gasteiger partial charge on any atom is -0.361 e. The summed E-state index contributed by atoms with van der Waals surface area (Å²) in [6, 6.07) is 7.76. The van der Waals surface area contributed by atoms with Crippen LogP contribution in [0.15, 0.2) is 30.5 Å². The van der Waals surface area contributed by atoms with Crippen LogP contribution in [0.5, 0.6) is 0 Å². The van der Waals surface area contributed by atoms with Crippen LogP contribution in [0.25, 0.3) is 10.9 Å². The van der Waals surface area contributed by atoms with E-state index in [0.717, 1.165) is 41.1 Å². The normalized spacial score (nSPS) is 25.7. The number of benzene rings is 1. The molecule has 1 aromatic carbocycles. The van der Waals surface area contributed by atoms with Crippen molar-refractivity contribution in [2.75, 3.05) is 0 Å². The zero-order valence-corrected chi connectivity index (χ0v) is 16.7. The largest absolute Gasteiger partial charge is 0.361 e. The fourth-order valence-corrected chi connectivity index (χ4v) is 5.28. The average Bonchev–Trinajstić information content (AvgIpc) is 3.10. The monoisotopic (exact) mass is 381 g/mol. The van der Waals surface area contributed by atoms with Gasteiger partial charge in [0.25, 0.3) is 0 Å². The first-order valence-corrected chi connectivity index (χ1v) is 10.7. The lowest BCUT2D eigenvalue weighted by Gasteiger charge is -2.39. The van der Waals surface area contributed by atoms with Gasteiger partial charge in [-0.2, -0.15) is 0 Å². The Kier molecular flexibility index (Phi) is 5.69. The molecule has 2 aliphatic rings. The maximum Gasteiger partial charge on any atom is 0.243 e. The van der Waals surface area contributed by atoms with E-state index in [1.54, 1.807) is 0 Å². The molecule has 150 valence electrons. The van der Waals surface area contributed by atoms with Crippen molar-refractivity contribution in [1.29, 1.82) is 0 Å². The van der Waals surface area contributed by atoms with Gasteiger partial charge in [-0.3, -0.25) is 9.59 Å². The van der Waals surface area contributed by atoms with Crippen LogP contribution < -0.4 is 10.6 Å². The number of nitrogens with one attached hydrogen (secondary N) is 3. The Morgan fingerprint density at radius 2 is 1.89 bits per heavy atom. The Morgan fingerprint density at radius 1 is 1.11 bits per heavy atom. The minimum atomic E-state index is -0.541. The van der Waals surface area contributed by atoms with Gasteiger partial charge in [-0.1, -0.05) is 43.9 Å². The van der Waals surface area contributed by atoms with Crippen molar-refractivity contribution in [1.82, 2.24) is 15.6 Å². The molecule has 0 radical (unpaired) electrons. The second-order valence-electron chi connectivity index (χ2n) is 8.64. The molecule has 2 saturated carbocycles. The van der Waals surface area contributed by atoms with Crippen molar-refractivity contribution in [3.05, 3.63) is 36.0 Å². The number of aromatic nitrogens is 1. The van der Waals surface area contributed by atoms with Gasteiger partial charge in [0.1, 0.15) is 6.04 Å². The number of fused-ring (bicyclic) bond motifs is 2. The summed E-state index contributed by atoms with van der Waals surface area (Å²) in [5, 5.41) is 7.22. The van der Waals surface area contributed by atoms with E-state index in [9.17, 15) is 9.59 Å². The third-order valence-corrected chi connectivity index (χ3v) is 6.68. The zero-order valence-electron chi connectivity index (χ0n) is 16.7. The molecule has 28 heavy (non-hydrogen) atoms. The van der Waals surface area contributed by atoms with Gasteiger partial charge in [0.15, 0.2) is 0 Å². The maximum absolute atomic E-state index is 13.0. The van der Waals surface area contributed by atoms with E-state index in [2.05, 4.69) is 15.6 Å². The lowest BCUT2D eigenvalue weighted by atomic mass is 9.69. The topological polar surface area (TPSA) is 74.0 Å². The number of carbonyl (C=O) groups excluding carboxylic acids is 2. The SMILES string of the molecule is CC(=O)NC(Cc1c[nH]c2ccccc12)C(=O)NC1CCC2CCCCC2C1. The van der Waals surface area contributed by atoms with E-state index >= 15 is 0 Å². The first-order chi connectivity index (χ1) is 13.6. The molecule has 4 rings (SSSR count). The van der Waals surface area contributed by atoms with Crippen LogP contribution in [-0.4, -0.2) is 28.9 Å². The summed E-state index contributed by atoms with van der Waals surface area (Å²) in [7, 11) is 0. The van der Waals surface area contributed by atoms with Gasteiger partial charge in [-0.05, 0) is 42.7 Å². The van der Waals surface area contributed by atoms with Crippen LogP contribution in [-0.2, 0) is 16.0 Å². The molecule has 5 heteroatoms. The summed E-state index contributed by atoms with van der Waals surface area (Å²) in [5.74, 6) is 1.40. The van der Waals surface area contributed by atoms with E-state index in [0.29, 0.717) is 6.42 Å². The third kappa shape index (κ3) is 4.23. The highest BCUT2D eigenvalue weighted by Gasteiger charge is 2.33. The molecule has 1 heterocycles. The molecule has 5 nitrogen and oxygen atoms in total. The summed E-state index contributed by atoms with van der Waals surface area (Å²) in [6.07, 6.45) is 11.2. The van der Waals surface area contributed by atoms with Gasteiger partial charge < -0.3 is 15.6 Å². The van der Waals surface area contributed by atoms with Gasteiger partial charge in [0.2, 0.25) is 11.8 Å². The molecule has 4 unspecified atom stereocenters. The molecule has 4 atom stereocenters. The molecule has 2 aliphatic carbocycles. The standard InChI is InChI=1S/C23H31N3O2/c1-15(27)25-22(13-18-14-24-21-9-5-4-8-20(18)21)23(28)26-19-11-10-16-6-2-3-7-17(16)12-19/h4-5,8-9,14,16-17,19,22,24H,2-3,6-7,10-13H2,1H3,(H,25,27)(H,26,28). The van der Waals surface area contributed by atoms with Crippen LogP contribution >= 0.6 is 0 Å². The minimum absolute atomic E-state index is 0.0558. The molecule has 0 saturated heterocycles. The molecule has 2 aromatic rings. The molecular formula is C23H31N3O2. The average molecular weight is 382 g/mol. The van der Waals surface area contributed by atoms with E-state index < -0.39 is 6.04 Å². The van der Waals surface area contributed by atoms with Crippen molar-refractivity contribution in [2.45, 2.75) is 70.4 Å². The highest BCUT2D eigenvalue weighted by atomic mass is 16.2. The first-order valence-electron chi connectivity index (χ1n) is 10.7. The summed E-state index contributed by atoms with van der Waals surface area (Å²) in [6.45, 7) is 1.47. The fourth-order valence-electron chi connectivity index (χ4n) is 5.28. The molecule has 2 amide bonds. The van der Waals surface area contributed by atoms with Crippen LogP contribution in [0.3, 0.4) is 0 Å². The fraction of sp³-hybridized carbons (Fsp3) is 0.565. The van der Waals surface area contributed by atoms with Crippen molar-refractivity contribution in [3.63, 3.8) is 0 Å². The maximum atomic E-state index is 13.0. The predicted molar refractivity (Wildman–Crippen MR) is 111 cm³/mol. The first kappa shape index (κ1) is 19.0. The van der Waals surface area contributed by atoms with Crippen LogP contribution in [0.2, 0.25) is 0 Å². The van der Waals surface area contributed by atoms with Crippen molar-refractivity contribution in [2.24, 2.45) is 11.8 Å². The van der Waals surface area contributed by atoms with Gasteiger partial charge in [-0.25, -0.2) is 0 Å². The van der Waals surface area contributed by atoms with Crippen LogP contribution in [0, 0.1) is 11.8 Å². The third-order valence-electron chi connectivity index (χ3n) is 6.68. The Labute approximate surface area is 166 Å². The number of H-pyrrole nitrogens is 1. The lowest BCUT2D eigenvalue weighted by Crippen LogP contribution is -2.51. The van der Waals surface area contributed by atoms with Crippen molar-refractivity contribution in [3.8, 4) is 0 Å². The highest BCUT2D eigenvalue weighted by molar-refractivity contribution is 5.89. The number of para-hydroxylation sites is 1. The number of carbonyl (C=O) groups is 2. The smallest absolute Gasteiger partial charge is 0.243 e. The number of hydrogen-bond donors (Lipinski definition) is 3. The highest BCUT2D eigenvalue weighted by Crippen LogP contribution is 2.40. The summed E-state index contributed by atoms with van der Waals surface area (Å²) in [5.41, 5.74) is 2.11. The van der Waals surface area contributed by atoms with Gasteiger partial charge in [0.05, 0.1) is 0 Å². The predicted octanol–water partition coefficient (Wildman–Crippen LogP) is 3.69. The van der Waals surface area contributed by atoms with Gasteiger partial charge >= 0.3 is 0 Å². The van der Waals surface area contributed by atoms with E-state index in [1.807, 2.05) is 30.5 Å². The van der Waals surface area contributed by atoms with E-state index in [1.165, 1.54) is 39.0 Å². The van der Waals surface area contributed by atoms with Crippen molar-refractivity contribution >= 4 is 22.7 Å². The van der Waals surface area contributed by atoms with Crippen LogP contribution in [0.1, 0.15) is 57.4 Å². The molecule has 0 spiro atoms. The second kappa shape index (κ2) is 8.38. The van der Waals surface area contributed by atoms with Crippen molar-refractivity contribution < 1.29 is 9.59 Å². The summed E-state index contributed by atoms with van der Waals surface area (Å²) >= 11 is 0. The molecule has 3 N–H and O–H groups in total. The van der Waals surface area contributed by atoms with Gasteiger partial charge in [0, 0.05) is 36.5 Å². The second-order valence-corrected chi connectivity index (χ2v) is 8.64. The quantitative estimate of drug-likeness (QED) is 0.739. The molecule has 0 bridgehead atoms. The Morgan fingerprint density at radius 3 is 2.71 bits per heavy atom. The number of rotatable bonds is 5. The van der Waals surface area contributed by atoms with Crippen LogP contribution in [0.4, 0.5) is 0 Å². The molecule has 1 aromatic heterocycles. The van der Waals surface area contributed by atoms with E-state index in [4.69, 9.17) is 0 Å².